The number of benzene rings is 2. The van der Waals surface area contributed by atoms with Gasteiger partial charge in [-0.1, -0.05) is 6.07 Å². The van der Waals surface area contributed by atoms with Gasteiger partial charge < -0.3 is 20.3 Å². The Morgan fingerprint density at radius 3 is 2.46 bits per heavy atom. The van der Waals surface area contributed by atoms with Crippen molar-refractivity contribution in [1.82, 2.24) is 10.2 Å². The van der Waals surface area contributed by atoms with Gasteiger partial charge in [-0.2, -0.15) is 0 Å². The van der Waals surface area contributed by atoms with E-state index in [1.807, 2.05) is 0 Å². The molecule has 2 aromatic rings. The van der Waals surface area contributed by atoms with Crippen LogP contribution in [0.1, 0.15) is 15.9 Å². The van der Waals surface area contributed by atoms with Crippen molar-refractivity contribution in [3.63, 3.8) is 0 Å². The minimum atomic E-state index is -1.28. The number of amides is 2. The summed E-state index contributed by atoms with van der Waals surface area (Å²) in [5.41, 5.74) is -0.0192. The molecule has 0 aliphatic carbocycles. The van der Waals surface area contributed by atoms with Gasteiger partial charge in [-0.25, -0.2) is 18.0 Å². The van der Waals surface area contributed by atoms with Crippen molar-refractivity contribution in [2.45, 2.75) is 13.0 Å². The van der Waals surface area contributed by atoms with Gasteiger partial charge >= 0.3 is 6.09 Å². The van der Waals surface area contributed by atoms with E-state index in [-0.39, 0.29) is 30.4 Å². The molecule has 148 valence electrons. The smallest absolute Gasteiger partial charge is 0.407 e. The molecule has 1 heterocycles. The molecule has 3 rings (SSSR count). The Balaban J connectivity index is 1.83. The fourth-order valence-corrected chi connectivity index (χ4v) is 2.84. The van der Waals surface area contributed by atoms with E-state index >= 15 is 0 Å². The Morgan fingerprint density at radius 1 is 1.11 bits per heavy atom. The molecule has 0 atom stereocenters. The lowest BCUT2D eigenvalue weighted by molar-refractivity contribution is 0.0559. The molecule has 1 saturated heterocycles. The third-order valence-corrected chi connectivity index (χ3v) is 4.39. The van der Waals surface area contributed by atoms with Gasteiger partial charge in [-0.3, -0.25) is 4.79 Å². The fourth-order valence-electron chi connectivity index (χ4n) is 2.84. The predicted octanol–water partition coefficient (Wildman–Crippen LogP) is 3.34. The zero-order valence-electron chi connectivity index (χ0n) is 15.2. The topological polar surface area (TPSA) is 70.7 Å². The van der Waals surface area contributed by atoms with E-state index in [9.17, 15) is 22.8 Å². The Kier molecular flexibility index (Phi) is 5.43. The summed E-state index contributed by atoms with van der Waals surface area (Å²) in [4.78, 5) is 25.2. The maximum Gasteiger partial charge on any atom is 0.407 e. The number of carbonyl (C=O) groups excluding carboxylic acids is 2. The number of methoxy groups -OCH3 is 1. The Morgan fingerprint density at radius 2 is 1.82 bits per heavy atom. The molecule has 0 bridgehead atoms. The molecule has 2 aromatic carbocycles. The fraction of sp³-hybridized carbons (Fsp3) is 0.263. The summed E-state index contributed by atoms with van der Waals surface area (Å²) in [6.45, 7) is 2.06. The molecule has 0 spiro atoms. The van der Waals surface area contributed by atoms with Crippen molar-refractivity contribution in [3.05, 3.63) is 58.9 Å². The first kappa shape index (κ1) is 19.5. The van der Waals surface area contributed by atoms with E-state index in [0.29, 0.717) is 5.56 Å². The van der Waals surface area contributed by atoms with Gasteiger partial charge in [-0.15, -0.1) is 0 Å². The lowest BCUT2D eigenvalue weighted by Gasteiger charge is -2.39. The summed E-state index contributed by atoms with van der Waals surface area (Å²) in [6.07, 6.45) is -0.623. The molecule has 1 fully saturated rings. The number of nitrogens with one attached hydrogen (secondary N) is 2. The second-order valence-electron chi connectivity index (χ2n) is 6.44. The van der Waals surface area contributed by atoms with Crippen LogP contribution in [0, 0.1) is 24.4 Å². The lowest BCUT2D eigenvalue weighted by Crippen LogP contribution is -2.61. The molecule has 0 unspecified atom stereocenters. The van der Waals surface area contributed by atoms with E-state index in [4.69, 9.17) is 0 Å². The quantitative estimate of drug-likeness (QED) is 0.836. The zero-order chi connectivity index (χ0) is 20.4. The van der Waals surface area contributed by atoms with E-state index < -0.39 is 35.1 Å². The number of rotatable bonds is 4. The minimum absolute atomic E-state index is 0.0852. The Hall–Kier alpha value is -3.23. The number of hydrogen-bond donors (Lipinski definition) is 2. The average Bonchev–Trinajstić information content (AvgIpc) is 2.63. The molecule has 1 aliphatic heterocycles. The standard InChI is InChI=1S/C19H18F3N3O3/c1-10-3-6-15(14(21)7-10)24-17-12(4-5-13(20)16(17)22)18(26)25-8-11(9-25)23-19(27)28-2/h3-7,11,24H,8-9H2,1-2H3,(H,23,27). The number of hydrogen-bond acceptors (Lipinski definition) is 4. The highest BCUT2D eigenvalue weighted by atomic mass is 19.2. The minimum Gasteiger partial charge on any atom is -0.453 e. The maximum atomic E-state index is 14.4. The zero-order valence-corrected chi connectivity index (χ0v) is 15.2. The van der Waals surface area contributed by atoms with Gasteiger partial charge in [0.1, 0.15) is 5.82 Å². The lowest BCUT2D eigenvalue weighted by atomic mass is 10.0. The van der Waals surface area contributed by atoms with Crippen LogP contribution in [-0.4, -0.2) is 43.1 Å². The summed E-state index contributed by atoms with van der Waals surface area (Å²) in [6, 6.07) is 5.89. The molecule has 28 heavy (non-hydrogen) atoms. The molecule has 6 nitrogen and oxygen atoms in total. The second-order valence-corrected chi connectivity index (χ2v) is 6.44. The van der Waals surface area contributed by atoms with Gasteiger partial charge in [0.2, 0.25) is 0 Å². The van der Waals surface area contributed by atoms with Crippen LogP contribution in [0.4, 0.5) is 29.3 Å². The maximum absolute atomic E-state index is 14.4. The van der Waals surface area contributed by atoms with Crippen molar-refractivity contribution in [2.24, 2.45) is 0 Å². The van der Waals surface area contributed by atoms with Gasteiger partial charge in [0, 0.05) is 13.1 Å². The number of nitrogens with zero attached hydrogens (tertiary/aromatic N) is 1. The van der Waals surface area contributed by atoms with Crippen LogP contribution >= 0.6 is 0 Å². The van der Waals surface area contributed by atoms with E-state index in [1.165, 1.54) is 24.1 Å². The summed E-state index contributed by atoms with van der Waals surface area (Å²) in [7, 11) is 1.22. The van der Waals surface area contributed by atoms with Crippen molar-refractivity contribution in [1.29, 1.82) is 0 Å². The van der Waals surface area contributed by atoms with E-state index in [1.54, 1.807) is 13.0 Å². The largest absolute Gasteiger partial charge is 0.453 e. The van der Waals surface area contributed by atoms with Gasteiger partial charge in [0.05, 0.1) is 30.1 Å². The summed E-state index contributed by atoms with van der Waals surface area (Å²) < 4.78 is 46.7. The van der Waals surface area contributed by atoms with E-state index in [0.717, 1.165) is 12.1 Å². The van der Waals surface area contributed by atoms with Gasteiger partial charge in [0.25, 0.3) is 5.91 Å². The molecular weight excluding hydrogens is 375 g/mol. The summed E-state index contributed by atoms with van der Waals surface area (Å²) in [5, 5.41) is 5.02. The third-order valence-electron chi connectivity index (χ3n) is 4.39. The van der Waals surface area contributed by atoms with Crippen LogP contribution in [0.15, 0.2) is 30.3 Å². The normalized spacial score (nSPS) is 13.7. The number of carbonyl (C=O) groups is 2. The van der Waals surface area contributed by atoms with Crippen LogP contribution in [-0.2, 0) is 4.74 Å². The average molecular weight is 393 g/mol. The SMILES string of the molecule is COC(=O)NC1CN(C(=O)c2ccc(F)c(F)c2Nc2ccc(C)cc2F)C1. The number of anilines is 2. The van der Waals surface area contributed by atoms with Crippen molar-refractivity contribution >= 4 is 23.4 Å². The molecule has 0 radical (unpaired) electrons. The first-order chi connectivity index (χ1) is 13.3. The molecule has 2 N–H and O–H groups in total. The molecule has 0 saturated carbocycles. The molecule has 0 aromatic heterocycles. The highest BCUT2D eigenvalue weighted by Gasteiger charge is 2.34. The second kappa shape index (κ2) is 7.79. The molecule has 1 aliphatic rings. The highest BCUT2D eigenvalue weighted by molar-refractivity contribution is 6.01. The molecule has 2 amide bonds. The number of alkyl carbamates (subject to hydrolysis) is 1. The van der Waals surface area contributed by atoms with Gasteiger partial charge in [-0.05, 0) is 36.8 Å². The third kappa shape index (κ3) is 3.88. The Bertz CT molecular complexity index is 930. The number of aryl methyl sites for hydroxylation is 1. The van der Waals surface area contributed by atoms with E-state index in [2.05, 4.69) is 15.4 Å². The van der Waals surface area contributed by atoms with Gasteiger partial charge in [0.15, 0.2) is 11.6 Å². The number of likely N-dealkylation sites (tertiary alicyclic amines) is 1. The van der Waals surface area contributed by atoms with Crippen LogP contribution in [0.2, 0.25) is 0 Å². The monoisotopic (exact) mass is 393 g/mol. The van der Waals surface area contributed by atoms with Crippen molar-refractivity contribution in [3.8, 4) is 0 Å². The van der Waals surface area contributed by atoms with Crippen LogP contribution < -0.4 is 10.6 Å². The molecule has 9 heteroatoms. The first-order valence-corrected chi connectivity index (χ1v) is 8.45. The summed E-state index contributed by atoms with van der Waals surface area (Å²) in [5.74, 6) is -3.68. The van der Waals surface area contributed by atoms with Crippen LogP contribution in [0.25, 0.3) is 0 Å². The van der Waals surface area contributed by atoms with Crippen LogP contribution in [0.3, 0.4) is 0 Å². The Labute approximate surface area is 159 Å². The number of ether oxygens (including phenoxy) is 1. The predicted molar refractivity (Wildman–Crippen MR) is 96.0 cm³/mol. The van der Waals surface area contributed by atoms with Crippen LogP contribution in [0.5, 0.6) is 0 Å². The van der Waals surface area contributed by atoms with Crippen molar-refractivity contribution < 1.29 is 27.5 Å². The van der Waals surface area contributed by atoms with Crippen molar-refractivity contribution in [2.75, 3.05) is 25.5 Å². The molecular formula is C19H18F3N3O3. The number of halogens is 3. The summed E-state index contributed by atoms with van der Waals surface area (Å²) >= 11 is 0. The highest BCUT2D eigenvalue weighted by Crippen LogP contribution is 2.30. The first-order valence-electron chi connectivity index (χ1n) is 8.45.